The van der Waals surface area contributed by atoms with Gasteiger partial charge in [-0.25, -0.2) is 8.42 Å². The molecule has 4 rings (SSSR count). The quantitative estimate of drug-likeness (QED) is 0.415. The normalized spacial score (nSPS) is 11.6. The largest absolute Gasteiger partial charge is 0.342 e. The Morgan fingerprint density at radius 3 is 2.47 bits per heavy atom. The number of benzene rings is 3. The summed E-state index contributed by atoms with van der Waals surface area (Å²) in [4.78, 5) is 12.7. The van der Waals surface area contributed by atoms with Crippen LogP contribution in [0.4, 0.5) is 5.69 Å². The zero-order valence-electron chi connectivity index (χ0n) is 17.8. The molecule has 0 saturated carbocycles. The van der Waals surface area contributed by atoms with Gasteiger partial charge >= 0.3 is 0 Å². The Morgan fingerprint density at radius 1 is 1.00 bits per heavy atom. The standard InChI is InChI=1S/C25H23ClN2O3S/c1-17-11-12-22(18(2)13-17)27-25(29)16-32(30,31)24-15-28(23-10-6-4-8-20(23)24)14-19-7-3-5-9-21(19)26/h3-13,15H,14,16H2,1-2H3,(H,27,29). The number of amides is 1. The molecule has 3 aromatic carbocycles. The van der Waals surface area contributed by atoms with Crippen LogP contribution in [0.1, 0.15) is 16.7 Å². The van der Waals surface area contributed by atoms with Crippen LogP contribution in [0.25, 0.3) is 10.9 Å². The Morgan fingerprint density at radius 2 is 1.72 bits per heavy atom. The lowest BCUT2D eigenvalue weighted by Crippen LogP contribution is -2.23. The minimum atomic E-state index is -3.87. The molecular weight excluding hydrogens is 444 g/mol. The summed E-state index contributed by atoms with van der Waals surface area (Å²) in [7, 11) is -3.87. The third-order valence-corrected chi connectivity index (χ3v) is 7.37. The van der Waals surface area contributed by atoms with Gasteiger partial charge in [0.05, 0.1) is 4.90 Å². The molecule has 0 atom stereocenters. The fourth-order valence-corrected chi connectivity index (χ4v) is 5.36. The minimum absolute atomic E-state index is 0.135. The summed E-state index contributed by atoms with van der Waals surface area (Å²) in [6.07, 6.45) is 1.59. The number of halogens is 1. The molecule has 0 aliphatic carbocycles. The van der Waals surface area contributed by atoms with E-state index in [-0.39, 0.29) is 4.90 Å². The highest BCUT2D eigenvalue weighted by Gasteiger charge is 2.25. The first-order chi connectivity index (χ1) is 15.2. The number of carbonyl (C=O) groups is 1. The summed E-state index contributed by atoms with van der Waals surface area (Å²) < 4.78 is 28.3. The second-order valence-corrected chi connectivity index (χ2v) is 10.2. The molecule has 1 amide bonds. The first-order valence-electron chi connectivity index (χ1n) is 10.2. The zero-order chi connectivity index (χ0) is 22.9. The smallest absolute Gasteiger partial charge is 0.239 e. The fraction of sp³-hybridized carbons (Fsp3) is 0.160. The van der Waals surface area contributed by atoms with Gasteiger partial charge in [0.25, 0.3) is 0 Å². The number of nitrogens with zero attached hydrogens (tertiary/aromatic N) is 1. The number of sulfone groups is 1. The molecule has 0 saturated heterocycles. The zero-order valence-corrected chi connectivity index (χ0v) is 19.4. The maximum absolute atomic E-state index is 13.2. The van der Waals surface area contributed by atoms with Crippen molar-refractivity contribution in [3.05, 3.63) is 94.6 Å². The molecule has 0 unspecified atom stereocenters. The van der Waals surface area contributed by atoms with Crippen LogP contribution >= 0.6 is 11.6 Å². The van der Waals surface area contributed by atoms with Crippen LogP contribution in [0.3, 0.4) is 0 Å². The number of carbonyl (C=O) groups excluding carboxylic acids is 1. The number of fused-ring (bicyclic) bond motifs is 1. The molecule has 0 bridgehead atoms. The average Bonchev–Trinajstić information content (AvgIpc) is 3.11. The van der Waals surface area contributed by atoms with E-state index in [0.717, 1.165) is 22.2 Å². The van der Waals surface area contributed by atoms with Gasteiger partial charge in [0.1, 0.15) is 5.75 Å². The van der Waals surface area contributed by atoms with E-state index in [4.69, 9.17) is 11.6 Å². The molecule has 1 heterocycles. The molecule has 0 fully saturated rings. The molecule has 1 N–H and O–H groups in total. The van der Waals surface area contributed by atoms with E-state index < -0.39 is 21.5 Å². The predicted molar refractivity (Wildman–Crippen MR) is 129 cm³/mol. The minimum Gasteiger partial charge on any atom is -0.342 e. The van der Waals surface area contributed by atoms with E-state index in [1.54, 1.807) is 30.5 Å². The molecule has 5 nitrogen and oxygen atoms in total. The van der Waals surface area contributed by atoms with E-state index in [9.17, 15) is 13.2 Å². The van der Waals surface area contributed by atoms with Crippen molar-refractivity contribution in [3.63, 3.8) is 0 Å². The second-order valence-electron chi connectivity index (χ2n) is 7.86. The summed E-state index contributed by atoms with van der Waals surface area (Å²) in [6.45, 7) is 4.26. The number of aromatic nitrogens is 1. The molecule has 1 aromatic heterocycles. The SMILES string of the molecule is Cc1ccc(NC(=O)CS(=O)(=O)c2cn(Cc3ccccc3Cl)c3ccccc23)c(C)c1. The van der Waals surface area contributed by atoms with Crippen LogP contribution in [0.15, 0.2) is 77.8 Å². The Hall–Kier alpha value is -3.09. The van der Waals surface area contributed by atoms with E-state index in [2.05, 4.69) is 5.32 Å². The van der Waals surface area contributed by atoms with Gasteiger partial charge in [0.2, 0.25) is 5.91 Å². The monoisotopic (exact) mass is 466 g/mol. The molecule has 0 aliphatic heterocycles. The van der Waals surface area contributed by atoms with Crippen molar-refractivity contribution in [2.24, 2.45) is 0 Å². The van der Waals surface area contributed by atoms with Gasteiger partial charge in [-0.2, -0.15) is 0 Å². The third-order valence-electron chi connectivity index (χ3n) is 5.36. The van der Waals surface area contributed by atoms with Crippen LogP contribution in [-0.4, -0.2) is 24.6 Å². The first-order valence-corrected chi connectivity index (χ1v) is 12.2. The van der Waals surface area contributed by atoms with Gasteiger partial charge < -0.3 is 9.88 Å². The van der Waals surface area contributed by atoms with Crippen LogP contribution in [0.5, 0.6) is 0 Å². The molecule has 164 valence electrons. The number of aryl methyl sites for hydroxylation is 2. The highest BCUT2D eigenvalue weighted by Crippen LogP contribution is 2.28. The topological polar surface area (TPSA) is 68.2 Å². The highest BCUT2D eigenvalue weighted by molar-refractivity contribution is 7.92. The summed E-state index contributed by atoms with van der Waals surface area (Å²) >= 11 is 6.31. The van der Waals surface area contributed by atoms with Crippen LogP contribution in [-0.2, 0) is 21.2 Å². The number of hydrogen-bond donors (Lipinski definition) is 1. The van der Waals surface area contributed by atoms with Crippen molar-refractivity contribution in [2.45, 2.75) is 25.3 Å². The van der Waals surface area contributed by atoms with E-state index in [0.29, 0.717) is 22.6 Å². The van der Waals surface area contributed by atoms with Gasteiger partial charge in [-0.1, -0.05) is 65.7 Å². The maximum Gasteiger partial charge on any atom is 0.239 e. The lowest BCUT2D eigenvalue weighted by atomic mass is 10.1. The van der Waals surface area contributed by atoms with E-state index in [1.165, 1.54) is 0 Å². The number of nitrogens with one attached hydrogen (secondary N) is 1. The van der Waals surface area contributed by atoms with Crippen molar-refractivity contribution in [1.82, 2.24) is 4.57 Å². The van der Waals surface area contributed by atoms with E-state index in [1.807, 2.05) is 60.9 Å². The summed E-state index contributed by atoms with van der Waals surface area (Å²) in [5, 5.41) is 3.92. The maximum atomic E-state index is 13.2. The van der Waals surface area contributed by atoms with Gasteiger partial charge in [-0.15, -0.1) is 0 Å². The summed E-state index contributed by atoms with van der Waals surface area (Å²) in [6, 6.07) is 20.3. The lowest BCUT2D eigenvalue weighted by Gasteiger charge is -2.09. The van der Waals surface area contributed by atoms with Crippen molar-refractivity contribution in [2.75, 3.05) is 11.1 Å². The summed E-state index contributed by atoms with van der Waals surface area (Å²) in [5.74, 6) is -1.21. The fourth-order valence-electron chi connectivity index (χ4n) is 3.79. The van der Waals surface area contributed by atoms with Crippen molar-refractivity contribution in [1.29, 1.82) is 0 Å². The Bertz CT molecular complexity index is 1420. The lowest BCUT2D eigenvalue weighted by molar-refractivity contribution is -0.113. The molecule has 0 spiro atoms. The molecular formula is C25H23ClN2O3S. The number of hydrogen-bond acceptors (Lipinski definition) is 3. The number of para-hydroxylation sites is 1. The second kappa shape index (κ2) is 8.81. The molecule has 0 radical (unpaired) electrons. The molecule has 4 aromatic rings. The Balaban J connectivity index is 1.64. The Kier molecular flexibility index (Phi) is 6.09. The first kappa shape index (κ1) is 22.1. The van der Waals surface area contributed by atoms with Crippen molar-refractivity contribution < 1.29 is 13.2 Å². The van der Waals surface area contributed by atoms with Gasteiger partial charge in [0, 0.05) is 34.4 Å². The van der Waals surface area contributed by atoms with Crippen LogP contribution in [0.2, 0.25) is 5.02 Å². The highest BCUT2D eigenvalue weighted by atomic mass is 35.5. The van der Waals surface area contributed by atoms with Gasteiger partial charge in [0.15, 0.2) is 9.84 Å². The van der Waals surface area contributed by atoms with Crippen molar-refractivity contribution in [3.8, 4) is 0 Å². The average molecular weight is 467 g/mol. The van der Waals surface area contributed by atoms with Crippen LogP contribution in [0, 0.1) is 13.8 Å². The van der Waals surface area contributed by atoms with Crippen molar-refractivity contribution >= 4 is 43.9 Å². The molecule has 0 aliphatic rings. The molecule has 32 heavy (non-hydrogen) atoms. The van der Waals surface area contributed by atoms with E-state index >= 15 is 0 Å². The Labute approximate surface area is 192 Å². The summed E-state index contributed by atoms with van der Waals surface area (Å²) in [5.41, 5.74) is 4.20. The number of anilines is 1. The third kappa shape index (κ3) is 4.56. The van der Waals surface area contributed by atoms with Gasteiger partial charge in [-0.3, -0.25) is 4.79 Å². The van der Waals surface area contributed by atoms with Crippen LogP contribution < -0.4 is 5.32 Å². The predicted octanol–water partition coefficient (Wildman–Crippen LogP) is 5.37. The number of rotatable bonds is 6. The van der Waals surface area contributed by atoms with Gasteiger partial charge in [-0.05, 0) is 43.2 Å². The molecule has 7 heteroatoms.